The number of aliphatic hydroxyl groups is 1. The van der Waals surface area contributed by atoms with Gasteiger partial charge in [0.1, 0.15) is 0 Å². The van der Waals surface area contributed by atoms with Crippen molar-refractivity contribution in [2.75, 3.05) is 6.61 Å². The van der Waals surface area contributed by atoms with E-state index < -0.39 is 5.54 Å². The minimum atomic E-state index is -0.502. The molecule has 0 radical (unpaired) electrons. The van der Waals surface area contributed by atoms with Crippen LogP contribution in [0.1, 0.15) is 37.0 Å². The van der Waals surface area contributed by atoms with Crippen molar-refractivity contribution in [1.82, 2.24) is 5.32 Å². The van der Waals surface area contributed by atoms with Gasteiger partial charge in [-0.25, -0.2) is 0 Å². The normalized spacial score (nSPS) is 11.3. The second kappa shape index (κ2) is 6.35. The number of carbonyl (C=O) groups excluding carboxylic acids is 1. The van der Waals surface area contributed by atoms with E-state index in [-0.39, 0.29) is 12.5 Å². The lowest BCUT2D eigenvalue weighted by atomic mass is 9.93. The van der Waals surface area contributed by atoms with E-state index in [0.717, 1.165) is 16.4 Å². The second-order valence-electron chi connectivity index (χ2n) is 4.11. The number of benzene rings is 1. The fraction of sp³-hybridized carbons (Fsp3) is 0.462. The van der Waals surface area contributed by atoms with Gasteiger partial charge in [-0.05, 0) is 53.6 Å². The van der Waals surface area contributed by atoms with Crippen LogP contribution in [0, 0.1) is 3.57 Å². The van der Waals surface area contributed by atoms with Gasteiger partial charge in [0.25, 0.3) is 5.91 Å². The highest BCUT2D eigenvalue weighted by Crippen LogP contribution is 2.16. The number of nitrogens with one attached hydrogen (secondary N) is 1. The van der Waals surface area contributed by atoms with Crippen molar-refractivity contribution in [3.05, 3.63) is 33.4 Å². The molecule has 0 saturated heterocycles. The second-order valence-corrected chi connectivity index (χ2v) is 5.36. The summed E-state index contributed by atoms with van der Waals surface area (Å²) in [6.45, 7) is 3.90. The fourth-order valence-electron chi connectivity index (χ4n) is 1.63. The minimum Gasteiger partial charge on any atom is -0.394 e. The van der Waals surface area contributed by atoms with Gasteiger partial charge in [-0.1, -0.05) is 19.9 Å². The first-order valence-corrected chi connectivity index (χ1v) is 6.83. The molecule has 0 aliphatic heterocycles. The highest BCUT2D eigenvalue weighted by molar-refractivity contribution is 14.1. The van der Waals surface area contributed by atoms with Gasteiger partial charge in [-0.3, -0.25) is 4.79 Å². The Bertz CT molecular complexity index is 380. The molecule has 0 saturated carbocycles. The molecule has 0 fully saturated rings. The summed E-state index contributed by atoms with van der Waals surface area (Å²) in [6.07, 6.45) is 1.44. The standard InChI is InChI=1S/C13H18INO2/c1-3-13(4-2,9-16)15-12(17)10-6-5-7-11(14)8-10/h5-8,16H,3-4,9H2,1-2H3,(H,15,17). The summed E-state index contributed by atoms with van der Waals surface area (Å²) in [5.41, 5.74) is 0.134. The molecule has 17 heavy (non-hydrogen) atoms. The number of hydrogen-bond donors (Lipinski definition) is 2. The van der Waals surface area contributed by atoms with Crippen molar-refractivity contribution in [1.29, 1.82) is 0 Å². The molecule has 0 aliphatic carbocycles. The average Bonchev–Trinajstić information content (AvgIpc) is 2.36. The first kappa shape index (κ1) is 14.4. The Morgan fingerprint density at radius 3 is 2.53 bits per heavy atom. The molecule has 1 aromatic carbocycles. The van der Waals surface area contributed by atoms with E-state index in [1.165, 1.54) is 0 Å². The Labute approximate surface area is 116 Å². The monoisotopic (exact) mass is 347 g/mol. The summed E-state index contributed by atoms with van der Waals surface area (Å²) >= 11 is 2.17. The van der Waals surface area contributed by atoms with Crippen LogP contribution in [0.15, 0.2) is 24.3 Å². The molecule has 0 atom stereocenters. The maximum atomic E-state index is 12.1. The summed E-state index contributed by atoms with van der Waals surface area (Å²) in [6, 6.07) is 7.42. The number of aliphatic hydroxyl groups excluding tert-OH is 1. The van der Waals surface area contributed by atoms with Crippen LogP contribution >= 0.6 is 22.6 Å². The third-order valence-corrected chi connectivity index (χ3v) is 3.79. The zero-order valence-electron chi connectivity index (χ0n) is 10.2. The zero-order valence-corrected chi connectivity index (χ0v) is 12.3. The molecule has 1 amide bonds. The minimum absolute atomic E-state index is 0.0321. The van der Waals surface area contributed by atoms with Crippen molar-refractivity contribution in [3.8, 4) is 0 Å². The lowest BCUT2D eigenvalue weighted by Crippen LogP contribution is -2.50. The maximum absolute atomic E-state index is 12.1. The first-order chi connectivity index (χ1) is 8.06. The van der Waals surface area contributed by atoms with E-state index in [1.54, 1.807) is 6.07 Å². The van der Waals surface area contributed by atoms with Crippen LogP contribution in [0.4, 0.5) is 0 Å². The number of halogens is 1. The van der Waals surface area contributed by atoms with Crippen LogP contribution in [0.3, 0.4) is 0 Å². The van der Waals surface area contributed by atoms with Crippen LogP contribution in [-0.2, 0) is 0 Å². The maximum Gasteiger partial charge on any atom is 0.251 e. The molecule has 1 rings (SSSR count). The van der Waals surface area contributed by atoms with Crippen molar-refractivity contribution >= 4 is 28.5 Å². The van der Waals surface area contributed by atoms with Gasteiger partial charge in [0.05, 0.1) is 12.1 Å². The van der Waals surface area contributed by atoms with Crippen LogP contribution in [-0.4, -0.2) is 23.2 Å². The van der Waals surface area contributed by atoms with E-state index in [2.05, 4.69) is 27.9 Å². The number of amides is 1. The zero-order chi connectivity index (χ0) is 12.9. The Kier molecular flexibility index (Phi) is 5.39. The number of hydrogen-bond acceptors (Lipinski definition) is 2. The molecule has 0 aliphatic rings. The van der Waals surface area contributed by atoms with Gasteiger partial charge < -0.3 is 10.4 Å². The van der Waals surface area contributed by atoms with Crippen molar-refractivity contribution in [3.63, 3.8) is 0 Å². The molecule has 0 bridgehead atoms. The molecule has 1 aromatic rings. The summed E-state index contributed by atoms with van der Waals surface area (Å²) in [7, 11) is 0. The SMILES string of the molecule is CCC(CC)(CO)NC(=O)c1cccc(I)c1. The van der Waals surface area contributed by atoms with E-state index in [1.807, 2.05) is 32.0 Å². The predicted octanol–water partition coefficient (Wildman–Crippen LogP) is 2.57. The average molecular weight is 347 g/mol. The molecular weight excluding hydrogens is 329 g/mol. The van der Waals surface area contributed by atoms with Gasteiger partial charge in [0.2, 0.25) is 0 Å². The van der Waals surface area contributed by atoms with Crippen molar-refractivity contribution in [2.24, 2.45) is 0 Å². The molecule has 2 N–H and O–H groups in total. The molecular formula is C13H18INO2. The van der Waals surface area contributed by atoms with E-state index >= 15 is 0 Å². The topological polar surface area (TPSA) is 49.3 Å². The Morgan fingerprint density at radius 1 is 1.41 bits per heavy atom. The van der Waals surface area contributed by atoms with Gasteiger partial charge in [-0.2, -0.15) is 0 Å². The predicted molar refractivity (Wildman–Crippen MR) is 77.0 cm³/mol. The number of rotatable bonds is 5. The van der Waals surface area contributed by atoms with Crippen LogP contribution in [0.2, 0.25) is 0 Å². The molecule has 0 spiro atoms. The van der Waals surface area contributed by atoms with Crippen molar-refractivity contribution in [2.45, 2.75) is 32.2 Å². The summed E-state index contributed by atoms with van der Waals surface area (Å²) in [5.74, 6) is -0.124. The summed E-state index contributed by atoms with van der Waals surface area (Å²) < 4.78 is 1.03. The van der Waals surface area contributed by atoms with Crippen LogP contribution in [0.5, 0.6) is 0 Å². The fourth-order valence-corrected chi connectivity index (χ4v) is 2.18. The number of carbonyl (C=O) groups is 1. The largest absolute Gasteiger partial charge is 0.394 e. The van der Waals surface area contributed by atoms with Gasteiger partial charge in [-0.15, -0.1) is 0 Å². The van der Waals surface area contributed by atoms with Gasteiger partial charge in [0.15, 0.2) is 0 Å². The Morgan fingerprint density at radius 2 is 2.06 bits per heavy atom. The highest BCUT2D eigenvalue weighted by Gasteiger charge is 2.27. The molecule has 4 heteroatoms. The van der Waals surface area contributed by atoms with Crippen molar-refractivity contribution < 1.29 is 9.90 Å². The van der Waals surface area contributed by atoms with Gasteiger partial charge in [0, 0.05) is 9.13 Å². The van der Waals surface area contributed by atoms with Gasteiger partial charge >= 0.3 is 0 Å². The van der Waals surface area contributed by atoms with E-state index in [9.17, 15) is 9.90 Å². The molecule has 0 heterocycles. The van der Waals surface area contributed by atoms with E-state index in [4.69, 9.17) is 0 Å². The smallest absolute Gasteiger partial charge is 0.251 e. The first-order valence-electron chi connectivity index (χ1n) is 5.76. The van der Waals surface area contributed by atoms with Crippen LogP contribution in [0.25, 0.3) is 0 Å². The van der Waals surface area contributed by atoms with Crippen LogP contribution < -0.4 is 5.32 Å². The summed E-state index contributed by atoms with van der Waals surface area (Å²) in [5, 5.41) is 12.3. The highest BCUT2D eigenvalue weighted by atomic mass is 127. The van der Waals surface area contributed by atoms with E-state index in [0.29, 0.717) is 5.56 Å². The summed E-state index contributed by atoms with van der Waals surface area (Å²) in [4.78, 5) is 12.1. The third-order valence-electron chi connectivity index (χ3n) is 3.12. The molecule has 3 nitrogen and oxygen atoms in total. The quantitative estimate of drug-likeness (QED) is 0.805. The third kappa shape index (κ3) is 3.67. The molecule has 94 valence electrons. The Balaban J connectivity index is 2.84. The molecule has 0 aromatic heterocycles. The lowest BCUT2D eigenvalue weighted by molar-refractivity contribution is 0.0818. The molecule has 0 unspecified atom stereocenters. The lowest BCUT2D eigenvalue weighted by Gasteiger charge is -2.30. The Hall–Kier alpha value is -0.620.